The minimum Gasteiger partial charge on any atom is -0.446 e. The quantitative estimate of drug-likeness (QED) is 0.186. The molecule has 2 fully saturated rings. The van der Waals surface area contributed by atoms with Gasteiger partial charge in [0.25, 0.3) is 0 Å². The van der Waals surface area contributed by atoms with E-state index in [1.54, 1.807) is 0 Å². The number of hydrogen-bond acceptors (Lipinski definition) is 6. The Morgan fingerprint density at radius 1 is 0.650 bits per heavy atom. The first kappa shape index (κ1) is 34.7. The maximum atomic E-state index is 12.6. The number of hydrogen-bond donors (Lipinski definition) is 4. The SMILES string of the molecule is CCC1(C)CC(OC(=O)NCCCCCCNC(=O)OC2CC(C)(CC)NC(C)(CC)C2C)C(C)C(C)(CC)N1. The van der Waals surface area contributed by atoms with Crippen LogP contribution in [0.1, 0.15) is 133 Å². The molecule has 2 heterocycles. The normalized spacial score (nSPS) is 38.0. The van der Waals surface area contributed by atoms with Crippen LogP contribution in [-0.2, 0) is 9.47 Å². The summed E-state index contributed by atoms with van der Waals surface area (Å²) in [5.41, 5.74) is -0.152. The fourth-order valence-electron chi connectivity index (χ4n) is 6.69. The molecule has 2 amide bonds. The summed E-state index contributed by atoms with van der Waals surface area (Å²) in [6.45, 7) is 23.3. The van der Waals surface area contributed by atoms with Gasteiger partial charge in [0.1, 0.15) is 12.2 Å². The van der Waals surface area contributed by atoms with Crippen molar-refractivity contribution >= 4 is 12.2 Å². The molecule has 8 heteroatoms. The predicted octanol–water partition coefficient (Wildman–Crippen LogP) is 6.67. The molecule has 40 heavy (non-hydrogen) atoms. The number of piperidine rings is 2. The number of carbonyl (C=O) groups is 2. The minimum absolute atomic E-state index is 0.0271. The third-order valence-electron chi connectivity index (χ3n) is 10.8. The van der Waals surface area contributed by atoms with E-state index in [9.17, 15) is 9.59 Å². The average Bonchev–Trinajstić information content (AvgIpc) is 2.91. The number of rotatable bonds is 13. The standard InChI is InChI=1S/C32H62N4O4/c1-11-29(7)21-25(23(5)31(9,13-3)35-29)39-27(37)33-19-17-15-16-18-20-34-28(38)40-26-22-30(8,12-2)36-32(10,14-4)24(26)6/h23-26,35-36H,11-22H2,1-10H3,(H,33,37)(H,34,38). The van der Waals surface area contributed by atoms with Crippen LogP contribution in [0, 0.1) is 11.8 Å². The summed E-state index contributed by atoms with van der Waals surface area (Å²) >= 11 is 0. The molecule has 2 saturated heterocycles. The van der Waals surface area contributed by atoms with Gasteiger partial charge in [-0.2, -0.15) is 0 Å². The smallest absolute Gasteiger partial charge is 0.407 e. The van der Waals surface area contributed by atoms with Crippen molar-refractivity contribution in [2.45, 2.75) is 168 Å². The third kappa shape index (κ3) is 8.98. The molecule has 0 aromatic carbocycles. The zero-order valence-electron chi connectivity index (χ0n) is 27.4. The van der Waals surface area contributed by atoms with Crippen molar-refractivity contribution in [3.05, 3.63) is 0 Å². The summed E-state index contributed by atoms with van der Waals surface area (Å²) < 4.78 is 11.8. The Hall–Kier alpha value is -1.54. The molecular weight excluding hydrogens is 504 g/mol. The highest BCUT2D eigenvalue weighted by Crippen LogP contribution is 2.40. The van der Waals surface area contributed by atoms with Crippen LogP contribution in [0.3, 0.4) is 0 Å². The van der Waals surface area contributed by atoms with E-state index >= 15 is 0 Å². The first-order chi connectivity index (χ1) is 18.7. The zero-order chi connectivity index (χ0) is 30.2. The van der Waals surface area contributed by atoms with Gasteiger partial charge in [0.05, 0.1) is 0 Å². The molecule has 0 spiro atoms. The van der Waals surface area contributed by atoms with E-state index in [1.807, 2.05) is 0 Å². The van der Waals surface area contributed by atoms with E-state index < -0.39 is 0 Å². The van der Waals surface area contributed by atoms with Gasteiger partial charge in [-0.1, -0.05) is 54.4 Å². The van der Waals surface area contributed by atoms with Gasteiger partial charge < -0.3 is 30.7 Å². The topological polar surface area (TPSA) is 101 Å². The van der Waals surface area contributed by atoms with Gasteiger partial charge in [-0.3, -0.25) is 0 Å². The molecule has 0 aromatic rings. The number of nitrogens with one attached hydrogen (secondary N) is 4. The Morgan fingerprint density at radius 2 is 1.00 bits per heavy atom. The summed E-state index contributed by atoms with van der Waals surface area (Å²) in [6.07, 6.45) is 8.56. The number of amides is 2. The van der Waals surface area contributed by atoms with Crippen molar-refractivity contribution in [1.29, 1.82) is 0 Å². The number of unbranched alkanes of at least 4 members (excludes halogenated alkanes) is 3. The van der Waals surface area contributed by atoms with Crippen LogP contribution < -0.4 is 21.3 Å². The van der Waals surface area contributed by atoms with Gasteiger partial charge in [0.15, 0.2) is 0 Å². The molecule has 8 atom stereocenters. The summed E-state index contributed by atoms with van der Waals surface area (Å²) in [4.78, 5) is 25.1. The Morgan fingerprint density at radius 3 is 1.30 bits per heavy atom. The van der Waals surface area contributed by atoms with E-state index in [2.05, 4.69) is 90.5 Å². The highest BCUT2D eigenvalue weighted by molar-refractivity contribution is 5.67. The lowest BCUT2D eigenvalue weighted by Gasteiger charge is -2.52. The summed E-state index contributed by atoms with van der Waals surface area (Å²) in [5.74, 6) is 0.486. The molecule has 0 radical (unpaired) electrons. The lowest BCUT2D eigenvalue weighted by atomic mass is 9.70. The van der Waals surface area contributed by atoms with Crippen LogP contribution in [0.15, 0.2) is 0 Å². The average molecular weight is 567 g/mol. The van der Waals surface area contributed by atoms with Gasteiger partial charge in [-0.05, 0) is 66.2 Å². The monoisotopic (exact) mass is 566 g/mol. The largest absolute Gasteiger partial charge is 0.446 e. The van der Waals surface area contributed by atoms with E-state index in [1.165, 1.54) is 0 Å². The molecule has 2 aliphatic rings. The second-order valence-electron chi connectivity index (χ2n) is 13.8. The Kier molecular flexibility index (Phi) is 12.6. The first-order valence-electron chi connectivity index (χ1n) is 16.2. The van der Waals surface area contributed by atoms with Crippen molar-refractivity contribution in [3.8, 4) is 0 Å². The fourth-order valence-corrected chi connectivity index (χ4v) is 6.69. The van der Waals surface area contributed by atoms with Crippen molar-refractivity contribution in [1.82, 2.24) is 21.3 Å². The molecule has 8 unspecified atom stereocenters. The highest BCUT2D eigenvalue weighted by atomic mass is 16.6. The van der Waals surface area contributed by atoms with Gasteiger partial charge in [0.2, 0.25) is 0 Å². The molecule has 234 valence electrons. The molecule has 2 aliphatic heterocycles. The zero-order valence-corrected chi connectivity index (χ0v) is 27.4. The maximum Gasteiger partial charge on any atom is 0.407 e. The van der Waals surface area contributed by atoms with E-state index in [-0.39, 0.29) is 58.4 Å². The Labute approximate surface area is 245 Å². The first-order valence-corrected chi connectivity index (χ1v) is 16.2. The van der Waals surface area contributed by atoms with Gasteiger partial charge in [0, 0.05) is 59.9 Å². The summed E-state index contributed by atoms with van der Waals surface area (Å²) in [6, 6.07) is 0. The second-order valence-corrected chi connectivity index (χ2v) is 13.8. The molecule has 0 saturated carbocycles. The van der Waals surface area contributed by atoms with Crippen molar-refractivity contribution in [2.75, 3.05) is 13.1 Å². The fraction of sp³-hybridized carbons (Fsp3) is 0.938. The lowest BCUT2D eigenvalue weighted by molar-refractivity contribution is -0.0378. The van der Waals surface area contributed by atoms with Gasteiger partial charge in [-0.25, -0.2) is 9.59 Å². The number of alkyl carbamates (subject to hydrolysis) is 2. The molecule has 0 aromatic heterocycles. The summed E-state index contributed by atoms with van der Waals surface area (Å²) in [5, 5.41) is 13.5. The summed E-state index contributed by atoms with van der Waals surface area (Å²) in [7, 11) is 0. The van der Waals surface area contributed by atoms with Crippen LogP contribution in [-0.4, -0.2) is 59.6 Å². The Balaban J connectivity index is 1.64. The van der Waals surface area contributed by atoms with Crippen LogP contribution in [0.25, 0.3) is 0 Å². The molecule has 4 N–H and O–H groups in total. The third-order valence-corrected chi connectivity index (χ3v) is 10.8. The second kappa shape index (κ2) is 14.6. The van der Waals surface area contributed by atoms with E-state index in [0.29, 0.717) is 13.1 Å². The number of carbonyl (C=O) groups excluding carboxylic acids is 2. The maximum absolute atomic E-state index is 12.6. The molecule has 8 nitrogen and oxygen atoms in total. The van der Waals surface area contributed by atoms with Crippen LogP contribution in [0.4, 0.5) is 9.59 Å². The van der Waals surface area contributed by atoms with Crippen molar-refractivity contribution in [3.63, 3.8) is 0 Å². The van der Waals surface area contributed by atoms with Crippen LogP contribution >= 0.6 is 0 Å². The molecule has 0 bridgehead atoms. The van der Waals surface area contributed by atoms with Gasteiger partial charge in [-0.15, -0.1) is 0 Å². The molecule has 2 rings (SSSR count). The van der Waals surface area contributed by atoms with Crippen LogP contribution in [0.2, 0.25) is 0 Å². The molecule has 0 aliphatic carbocycles. The molecular formula is C32H62N4O4. The van der Waals surface area contributed by atoms with Gasteiger partial charge >= 0.3 is 12.2 Å². The number of ether oxygens (including phenoxy) is 2. The van der Waals surface area contributed by atoms with E-state index in [0.717, 1.165) is 64.2 Å². The minimum atomic E-state index is -0.314. The lowest BCUT2D eigenvalue weighted by Crippen LogP contribution is -2.66. The predicted molar refractivity (Wildman–Crippen MR) is 164 cm³/mol. The van der Waals surface area contributed by atoms with E-state index in [4.69, 9.17) is 9.47 Å². The highest BCUT2D eigenvalue weighted by Gasteiger charge is 2.49. The van der Waals surface area contributed by atoms with Crippen molar-refractivity contribution in [2.24, 2.45) is 11.8 Å². The Bertz CT molecular complexity index is 761. The van der Waals surface area contributed by atoms with Crippen molar-refractivity contribution < 1.29 is 19.1 Å². The van der Waals surface area contributed by atoms with Crippen LogP contribution in [0.5, 0.6) is 0 Å².